The molecule has 1 amide bonds. The molecule has 0 aliphatic carbocycles. The van der Waals surface area contributed by atoms with Gasteiger partial charge in [0.2, 0.25) is 0 Å². The maximum atomic E-state index is 12.5. The fourth-order valence-electron chi connectivity index (χ4n) is 2.47. The number of hydrogen-bond donors (Lipinski definition) is 1. The fourth-order valence-corrected chi connectivity index (χ4v) is 2.70. The van der Waals surface area contributed by atoms with Gasteiger partial charge in [0, 0.05) is 44.4 Å². The van der Waals surface area contributed by atoms with Crippen LogP contribution >= 0.6 is 12.2 Å². The monoisotopic (exact) mass is 291 g/mol. The lowest BCUT2D eigenvalue weighted by Gasteiger charge is -2.31. The van der Waals surface area contributed by atoms with Crippen LogP contribution in [-0.4, -0.2) is 43.0 Å². The number of likely N-dealkylation sites (tertiary alicyclic amines) is 1. The second-order valence-electron chi connectivity index (χ2n) is 5.41. The first-order valence-corrected chi connectivity index (χ1v) is 7.26. The van der Waals surface area contributed by atoms with Crippen molar-refractivity contribution in [3.8, 4) is 0 Å². The summed E-state index contributed by atoms with van der Waals surface area (Å²) in [6.45, 7) is 1.46. The minimum atomic E-state index is 0.0927. The topological polar surface area (TPSA) is 49.6 Å². The lowest BCUT2D eigenvalue weighted by Crippen LogP contribution is -2.41. The van der Waals surface area contributed by atoms with E-state index in [1.165, 1.54) is 0 Å². The van der Waals surface area contributed by atoms with Crippen molar-refractivity contribution in [3.05, 3.63) is 29.8 Å². The van der Waals surface area contributed by atoms with E-state index in [-0.39, 0.29) is 11.8 Å². The van der Waals surface area contributed by atoms with Gasteiger partial charge in [-0.1, -0.05) is 18.3 Å². The average molecular weight is 291 g/mol. The van der Waals surface area contributed by atoms with E-state index < -0.39 is 0 Å². The third-order valence-corrected chi connectivity index (χ3v) is 4.13. The van der Waals surface area contributed by atoms with Crippen molar-refractivity contribution in [2.45, 2.75) is 12.8 Å². The number of nitrogens with zero attached hydrogens (tertiary/aromatic N) is 2. The Bertz CT molecular complexity index is 508. The summed E-state index contributed by atoms with van der Waals surface area (Å²) in [5, 5.41) is 0. The largest absolute Gasteiger partial charge is 0.393 e. The molecule has 0 unspecified atom stereocenters. The zero-order valence-electron chi connectivity index (χ0n) is 12.0. The smallest absolute Gasteiger partial charge is 0.253 e. The highest BCUT2D eigenvalue weighted by Crippen LogP contribution is 2.21. The number of hydrogen-bond acceptors (Lipinski definition) is 3. The van der Waals surface area contributed by atoms with E-state index in [4.69, 9.17) is 18.0 Å². The van der Waals surface area contributed by atoms with Gasteiger partial charge in [-0.3, -0.25) is 4.79 Å². The molecule has 1 aliphatic rings. The molecule has 20 heavy (non-hydrogen) atoms. The molecule has 1 saturated heterocycles. The van der Waals surface area contributed by atoms with Crippen molar-refractivity contribution >= 4 is 28.8 Å². The summed E-state index contributed by atoms with van der Waals surface area (Å²) < 4.78 is 0. The quantitative estimate of drug-likeness (QED) is 0.864. The Hall–Kier alpha value is -1.62. The van der Waals surface area contributed by atoms with Crippen LogP contribution in [0.4, 0.5) is 5.69 Å². The van der Waals surface area contributed by atoms with Crippen LogP contribution in [0.1, 0.15) is 23.2 Å². The van der Waals surface area contributed by atoms with Gasteiger partial charge in [-0.15, -0.1) is 0 Å². The number of rotatable bonds is 3. The molecule has 2 N–H and O–H groups in total. The van der Waals surface area contributed by atoms with Crippen molar-refractivity contribution in [2.24, 2.45) is 11.7 Å². The molecule has 1 aromatic carbocycles. The number of amides is 1. The van der Waals surface area contributed by atoms with Gasteiger partial charge < -0.3 is 15.5 Å². The van der Waals surface area contributed by atoms with Gasteiger partial charge in [0.15, 0.2) is 0 Å². The van der Waals surface area contributed by atoms with Gasteiger partial charge >= 0.3 is 0 Å². The highest BCUT2D eigenvalue weighted by molar-refractivity contribution is 7.80. The van der Waals surface area contributed by atoms with E-state index in [1.54, 1.807) is 0 Å². The molecule has 4 nitrogen and oxygen atoms in total. The summed E-state index contributed by atoms with van der Waals surface area (Å²) in [6.07, 6.45) is 1.74. The van der Waals surface area contributed by atoms with E-state index in [9.17, 15) is 4.79 Å². The molecule has 1 fully saturated rings. The Labute approximate surface area is 125 Å². The van der Waals surface area contributed by atoms with Crippen LogP contribution in [0, 0.1) is 5.92 Å². The number of nitrogens with two attached hydrogens (primary N) is 1. The molecule has 5 heteroatoms. The van der Waals surface area contributed by atoms with Gasteiger partial charge in [-0.2, -0.15) is 0 Å². The van der Waals surface area contributed by atoms with Crippen molar-refractivity contribution in [2.75, 3.05) is 32.1 Å². The Morgan fingerprint density at radius 2 is 2.00 bits per heavy atom. The Balaban J connectivity index is 2.05. The van der Waals surface area contributed by atoms with Crippen LogP contribution in [0.25, 0.3) is 0 Å². The number of thiocarbonyl (C=S) groups is 1. The van der Waals surface area contributed by atoms with Crippen molar-refractivity contribution in [1.82, 2.24) is 4.90 Å². The highest BCUT2D eigenvalue weighted by Gasteiger charge is 2.25. The molecule has 2 rings (SSSR count). The summed E-state index contributed by atoms with van der Waals surface area (Å²) in [5.74, 6) is 0.372. The molecular formula is C15H21N3OS. The van der Waals surface area contributed by atoms with Crippen molar-refractivity contribution in [3.63, 3.8) is 0 Å². The summed E-state index contributed by atoms with van der Waals surface area (Å²) in [4.78, 5) is 17.0. The average Bonchev–Trinajstić information content (AvgIpc) is 2.46. The lowest BCUT2D eigenvalue weighted by atomic mass is 9.96. The Morgan fingerprint density at radius 3 is 2.55 bits per heavy atom. The predicted octanol–water partition coefficient (Wildman–Crippen LogP) is 1.89. The molecule has 0 aromatic heterocycles. The van der Waals surface area contributed by atoms with E-state index in [0.717, 1.165) is 37.2 Å². The fraction of sp³-hybridized carbons (Fsp3) is 0.467. The molecule has 1 aliphatic heterocycles. The molecule has 0 saturated carbocycles. The molecule has 108 valence electrons. The number of benzene rings is 1. The first-order chi connectivity index (χ1) is 9.49. The third kappa shape index (κ3) is 3.28. The summed E-state index contributed by atoms with van der Waals surface area (Å²) >= 11 is 5.03. The van der Waals surface area contributed by atoms with Crippen LogP contribution < -0.4 is 10.6 Å². The summed E-state index contributed by atoms with van der Waals surface area (Å²) in [5.41, 5.74) is 7.45. The van der Waals surface area contributed by atoms with Crippen LogP contribution in [0.15, 0.2) is 24.3 Å². The van der Waals surface area contributed by atoms with Gasteiger partial charge in [0.25, 0.3) is 5.91 Å². The van der Waals surface area contributed by atoms with E-state index in [0.29, 0.717) is 4.99 Å². The van der Waals surface area contributed by atoms with Crippen LogP contribution in [0.5, 0.6) is 0 Å². The molecule has 0 bridgehead atoms. The SMILES string of the molecule is CN(C)c1cccc(C(=O)N2CCC(C(N)=S)CC2)c1. The molecule has 0 radical (unpaired) electrons. The van der Waals surface area contributed by atoms with Gasteiger partial charge in [0.05, 0.1) is 4.99 Å². The van der Waals surface area contributed by atoms with Crippen LogP contribution in [0.2, 0.25) is 0 Å². The minimum Gasteiger partial charge on any atom is -0.393 e. The van der Waals surface area contributed by atoms with Crippen LogP contribution in [-0.2, 0) is 0 Å². The number of carbonyl (C=O) groups is 1. The number of carbonyl (C=O) groups excluding carboxylic acids is 1. The Kier molecular flexibility index (Phi) is 4.60. The molecule has 0 atom stereocenters. The van der Waals surface area contributed by atoms with E-state index in [1.807, 2.05) is 48.2 Å². The van der Waals surface area contributed by atoms with E-state index >= 15 is 0 Å². The number of anilines is 1. The summed E-state index contributed by atoms with van der Waals surface area (Å²) in [6, 6.07) is 7.72. The highest BCUT2D eigenvalue weighted by atomic mass is 32.1. The van der Waals surface area contributed by atoms with E-state index in [2.05, 4.69) is 0 Å². The maximum Gasteiger partial charge on any atom is 0.253 e. The Morgan fingerprint density at radius 1 is 1.35 bits per heavy atom. The molecule has 0 spiro atoms. The standard InChI is InChI=1S/C15H21N3OS/c1-17(2)13-5-3-4-12(10-13)15(19)18-8-6-11(7-9-18)14(16)20/h3-5,10-11H,6-9H2,1-2H3,(H2,16,20). The van der Waals surface area contributed by atoms with Gasteiger partial charge in [0.1, 0.15) is 0 Å². The number of piperidine rings is 1. The zero-order chi connectivity index (χ0) is 14.7. The second-order valence-corrected chi connectivity index (χ2v) is 5.89. The minimum absolute atomic E-state index is 0.0927. The first kappa shape index (κ1) is 14.8. The van der Waals surface area contributed by atoms with Crippen molar-refractivity contribution in [1.29, 1.82) is 0 Å². The predicted molar refractivity (Wildman–Crippen MR) is 86.2 cm³/mol. The molecule has 1 heterocycles. The van der Waals surface area contributed by atoms with Crippen molar-refractivity contribution < 1.29 is 4.79 Å². The lowest BCUT2D eigenvalue weighted by molar-refractivity contribution is 0.0710. The normalized spacial score (nSPS) is 16.0. The molecule has 1 aromatic rings. The van der Waals surface area contributed by atoms with Gasteiger partial charge in [-0.25, -0.2) is 0 Å². The molecular weight excluding hydrogens is 270 g/mol. The van der Waals surface area contributed by atoms with Gasteiger partial charge in [-0.05, 0) is 31.0 Å². The third-order valence-electron chi connectivity index (χ3n) is 3.79. The summed E-state index contributed by atoms with van der Waals surface area (Å²) in [7, 11) is 3.94. The first-order valence-electron chi connectivity index (χ1n) is 6.85. The maximum absolute atomic E-state index is 12.5. The zero-order valence-corrected chi connectivity index (χ0v) is 12.8. The second kappa shape index (κ2) is 6.22. The van der Waals surface area contributed by atoms with Crippen LogP contribution in [0.3, 0.4) is 0 Å².